The molecule has 4 nitrogen and oxygen atoms in total. The van der Waals surface area contributed by atoms with Gasteiger partial charge in [-0.1, -0.05) is 36.0 Å². The molecule has 0 fully saturated rings. The fourth-order valence-corrected chi connectivity index (χ4v) is 3.65. The molecule has 0 saturated heterocycles. The summed E-state index contributed by atoms with van der Waals surface area (Å²) in [6.45, 7) is 4.12. The van der Waals surface area contributed by atoms with E-state index in [1.807, 2.05) is 29.6 Å². The molecule has 24 heavy (non-hydrogen) atoms. The van der Waals surface area contributed by atoms with E-state index in [2.05, 4.69) is 41.5 Å². The summed E-state index contributed by atoms with van der Waals surface area (Å²) in [5.74, 6) is 0.142. The van der Waals surface area contributed by atoms with Crippen molar-refractivity contribution in [2.24, 2.45) is 5.10 Å². The number of hydrogen-bond acceptors (Lipinski definition) is 5. The van der Waals surface area contributed by atoms with Crippen LogP contribution in [0.1, 0.15) is 16.0 Å². The highest BCUT2D eigenvalue weighted by atomic mass is 32.2. The zero-order valence-corrected chi connectivity index (χ0v) is 15.1. The Kier molecular flexibility index (Phi) is 5.27. The van der Waals surface area contributed by atoms with Crippen LogP contribution in [0.2, 0.25) is 0 Å². The van der Waals surface area contributed by atoms with Gasteiger partial charge >= 0.3 is 0 Å². The van der Waals surface area contributed by atoms with Gasteiger partial charge in [-0.2, -0.15) is 5.10 Å². The topological polar surface area (TPSA) is 54.4 Å². The van der Waals surface area contributed by atoms with Gasteiger partial charge in [0.05, 0.1) is 22.5 Å². The van der Waals surface area contributed by atoms with Crippen molar-refractivity contribution in [1.29, 1.82) is 0 Å². The number of fused-ring (bicyclic) bond motifs is 1. The van der Waals surface area contributed by atoms with Crippen LogP contribution in [-0.2, 0) is 4.79 Å². The maximum atomic E-state index is 11.9. The first-order valence-electron chi connectivity index (χ1n) is 7.48. The monoisotopic (exact) mass is 355 g/mol. The van der Waals surface area contributed by atoms with Crippen LogP contribution in [0.3, 0.4) is 0 Å². The molecule has 3 aromatic rings. The lowest BCUT2D eigenvalue weighted by Crippen LogP contribution is -2.19. The summed E-state index contributed by atoms with van der Waals surface area (Å²) < 4.78 is 0. The van der Waals surface area contributed by atoms with Crippen LogP contribution in [0.4, 0.5) is 0 Å². The standard InChI is InChI=1S/C18H17N3OS2/c1-12-5-3-7-15-13(2)9-17(20-18(12)15)24-11-16(22)21-19-10-14-6-4-8-23-14/h3-10H,11H2,1-2H3,(H,21,22)/b19-10+. The van der Waals surface area contributed by atoms with E-state index >= 15 is 0 Å². The highest BCUT2D eigenvalue weighted by Gasteiger charge is 2.07. The molecule has 0 bridgehead atoms. The van der Waals surface area contributed by atoms with Crippen LogP contribution >= 0.6 is 23.1 Å². The number of thioether (sulfide) groups is 1. The van der Waals surface area contributed by atoms with Gasteiger partial charge in [0.15, 0.2) is 0 Å². The molecule has 0 saturated carbocycles. The molecule has 3 rings (SSSR count). The number of pyridine rings is 1. The molecule has 0 unspecified atom stereocenters. The smallest absolute Gasteiger partial charge is 0.250 e. The molecule has 0 aliphatic carbocycles. The Balaban J connectivity index is 1.63. The number of hydrogen-bond donors (Lipinski definition) is 1. The van der Waals surface area contributed by atoms with E-state index in [-0.39, 0.29) is 11.7 Å². The van der Waals surface area contributed by atoms with Gasteiger partial charge < -0.3 is 0 Å². The minimum Gasteiger partial charge on any atom is -0.272 e. The summed E-state index contributed by atoms with van der Waals surface area (Å²) in [6.07, 6.45) is 1.65. The molecule has 0 atom stereocenters. The number of nitrogens with zero attached hydrogens (tertiary/aromatic N) is 2. The van der Waals surface area contributed by atoms with Crippen molar-refractivity contribution >= 4 is 46.1 Å². The van der Waals surface area contributed by atoms with E-state index in [9.17, 15) is 4.79 Å². The predicted molar refractivity (Wildman–Crippen MR) is 102 cm³/mol. The van der Waals surface area contributed by atoms with E-state index in [0.29, 0.717) is 0 Å². The summed E-state index contributed by atoms with van der Waals surface area (Å²) in [5, 5.41) is 7.94. The average molecular weight is 355 g/mol. The molecular formula is C18H17N3OS2. The third-order valence-electron chi connectivity index (χ3n) is 3.50. The summed E-state index contributed by atoms with van der Waals surface area (Å²) in [4.78, 5) is 17.6. The van der Waals surface area contributed by atoms with Crippen LogP contribution in [0, 0.1) is 13.8 Å². The van der Waals surface area contributed by atoms with Crippen molar-refractivity contribution in [2.45, 2.75) is 18.9 Å². The molecule has 2 heterocycles. The lowest BCUT2D eigenvalue weighted by Gasteiger charge is -2.07. The third kappa shape index (κ3) is 4.01. The predicted octanol–water partition coefficient (Wildman–Crippen LogP) is 4.16. The number of amides is 1. The largest absolute Gasteiger partial charge is 0.272 e. The first-order chi connectivity index (χ1) is 11.6. The van der Waals surface area contributed by atoms with Crippen molar-refractivity contribution in [2.75, 3.05) is 5.75 Å². The molecule has 0 radical (unpaired) electrons. The molecular weight excluding hydrogens is 338 g/mol. The Morgan fingerprint density at radius 3 is 2.96 bits per heavy atom. The van der Waals surface area contributed by atoms with Gasteiger partial charge in [0.2, 0.25) is 5.91 Å². The van der Waals surface area contributed by atoms with E-state index in [0.717, 1.165) is 26.4 Å². The average Bonchev–Trinajstić information content (AvgIpc) is 3.07. The third-order valence-corrected chi connectivity index (χ3v) is 5.22. The number of thiophene rings is 1. The molecule has 1 N–H and O–H groups in total. The number of hydrazone groups is 1. The molecule has 0 aliphatic heterocycles. The Hall–Kier alpha value is -2.18. The molecule has 0 spiro atoms. The van der Waals surface area contributed by atoms with Gasteiger partial charge in [0, 0.05) is 10.3 Å². The number of aryl methyl sites for hydroxylation is 2. The SMILES string of the molecule is Cc1cc(SCC(=O)N/N=C/c2cccs2)nc2c(C)cccc12. The summed E-state index contributed by atoms with van der Waals surface area (Å²) in [5.41, 5.74) is 5.85. The summed E-state index contributed by atoms with van der Waals surface area (Å²) in [7, 11) is 0. The molecule has 0 aliphatic rings. The summed E-state index contributed by atoms with van der Waals surface area (Å²) in [6, 6.07) is 12.1. The van der Waals surface area contributed by atoms with Gasteiger partial charge in [0.1, 0.15) is 0 Å². The number of nitrogens with one attached hydrogen (secondary N) is 1. The second kappa shape index (κ2) is 7.59. The normalized spacial score (nSPS) is 11.2. The van der Waals surface area contributed by atoms with Gasteiger partial charge in [-0.15, -0.1) is 11.3 Å². The highest BCUT2D eigenvalue weighted by molar-refractivity contribution is 7.99. The first kappa shape index (κ1) is 16.7. The van der Waals surface area contributed by atoms with Gasteiger partial charge in [-0.05, 0) is 42.5 Å². The Morgan fingerprint density at radius 2 is 2.17 bits per heavy atom. The van der Waals surface area contributed by atoms with E-state index in [4.69, 9.17) is 0 Å². The number of carbonyl (C=O) groups is 1. The fraction of sp³-hybridized carbons (Fsp3) is 0.167. The summed E-state index contributed by atoms with van der Waals surface area (Å²) >= 11 is 2.99. The van der Waals surface area contributed by atoms with Gasteiger partial charge in [-0.25, -0.2) is 10.4 Å². The van der Waals surface area contributed by atoms with Gasteiger partial charge in [0.25, 0.3) is 0 Å². The Bertz CT molecular complexity index is 889. The number of carbonyl (C=O) groups excluding carboxylic acids is 1. The second-order valence-electron chi connectivity index (χ2n) is 5.35. The van der Waals surface area contributed by atoms with Crippen molar-refractivity contribution in [3.8, 4) is 0 Å². The minimum absolute atomic E-state index is 0.142. The van der Waals surface area contributed by atoms with Crippen LogP contribution in [-0.4, -0.2) is 22.9 Å². The van der Waals surface area contributed by atoms with Crippen molar-refractivity contribution in [3.05, 3.63) is 57.8 Å². The molecule has 2 aromatic heterocycles. The van der Waals surface area contributed by atoms with Crippen molar-refractivity contribution < 1.29 is 4.79 Å². The quantitative estimate of drug-likeness (QED) is 0.425. The zero-order chi connectivity index (χ0) is 16.9. The lowest BCUT2D eigenvalue weighted by molar-refractivity contribution is -0.118. The first-order valence-corrected chi connectivity index (χ1v) is 9.35. The van der Waals surface area contributed by atoms with Crippen LogP contribution < -0.4 is 5.43 Å². The number of para-hydroxylation sites is 1. The van der Waals surface area contributed by atoms with Crippen molar-refractivity contribution in [3.63, 3.8) is 0 Å². The molecule has 1 amide bonds. The molecule has 122 valence electrons. The van der Waals surface area contributed by atoms with Gasteiger partial charge in [-0.3, -0.25) is 4.79 Å². The molecule has 6 heteroatoms. The zero-order valence-electron chi connectivity index (χ0n) is 13.4. The van der Waals surface area contributed by atoms with E-state index < -0.39 is 0 Å². The maximum absolute atomic E-state index is 11.9. The second-order valence-corrected chi connectivity index (χ2v) is 7.32. The van der Waals surface area contributed by atoms with Crippen LogP contribution in [0.25, 0.3) is 10.9 Å². The number of aromatic nitrogens is 1. The fourth-order valence-electron chi connectivity index (χ4n) is 2.31. The lowest BCUT2D eigenvalue weighted by atomic mass is 10.1. The van der Waals surface area contributed by atoms with Crippen LogP contribution in [0.5, 0.6) is 0 Å². The minimum atomic E-state index is -0.142. The molecule has 1 aromatic carbocycles. The maximum Gasteiger partial charge on any atom is 0.250 e. The number of rotatable bonds is 5. The Labute approximate surface area is 149 Å². The van der Waals surface area contributed by atoms with Crippen molar-refractivity contribution in [1.82, 2.24) is 10.4 Å². The van der Waals surface area contributed by atoms with Crippen LogP contribution in [0.15, 0.2) is 51.9 Å². The number of benzene rings is 1. The van der Waals surface area contributed by atoms with E-state index in [1.165, 1.54) is 17.3 Å². The highest BCUT2D eigenvalue weighted by Crippen LogP contribution is 2.25. The van der Waals surface area contributed by atoms with E-state index in [1.54, 1.807) is 17.6 Å². The Morgan fingerprint density at radius 1 is 1.29 bits per heavy atom.